The smallest absolute Gasteiger partial charge is 0.261 e. The highest BCUT2D eigenvalue weighted by Crippen LogP contribution is 2.14. The van der Waals surface area contributed by atoms with E-state index >= 15 is 0 Å². The Morgan fingerprint density at radius 3 is 2.82 bits per heavy atom. The second-order valence-corrected chi connectivity index (χ2v) is 5.68. The van der Waals surface area contributed by atoms with Crippen molar-refractivity contribution >= 4 is 38.6 Å². The van der Waals surface area contributed by atoms with Gasteiger partial charge in [0.05, 0.1) is 23.8 Å². The Kier molecular flexibility index (Phi) is 4.92. The zero-order chi connectivity index (χ0) is 16.3. The summed E-state index contributed by atoms with van der Waals surface area (Å²) < 4.78 is 2.00. The van der Waals surface area contributed by atoms with Gasteiger partial charge in [-0.25, -0.2) is 4.98 Å². The summed E-state index contributed by atoms with van der Waals surface area (Å²) in [6, 6.07) is 5.19. The van der Waals surface area contributed by atoms with Gasteiger partial charge in [0, 0.05) is 18.6 Å². The number of rotatable bonds is 4. The fraction of sp³-hybridized carbons (Fsp3) is 0.286. The SMILES string of the molecule is CNC(=O)CN(C)C(=O)Cn1cnc2ccc(Br)cc2c1=O. The summed E-state index contributed by atoms with van der Waals surface area (Å²) in [6.45, 7) is -0.224. The lowest BCUT2D eigenvalue weighted by Gasteiger charge is -2.16. The van der Waals surface area contributed by atoms with Crippen LogP contribution in [0.2, 0.25) is 0 Å². The first-order valence-corrected chi connectivity index (χ1v) is 7.31. The maximum absolute atomic E-state index is 12.4. The molecule has 1 aromatic heterocycles. The van der Waals surface area contributed by atoms with Crippen LogP contribution in [0.3, 0.4) is 0 Å². The molecule has 0 saturated carbocycles. The first kappa shape index (κ1) is 16.2. The van der Waals surface area contributed by atoms with E-state index in [0.29, 0.717) is 10.9 Å². The highest BCUT2D eigenvalue weighted by atomic mass is 79.9. The number of carbonyl (C=O) groups is 2. The molecular formula is C14H15BrN4O3. The molecule has 0 aliphatic carbocycles. The summed E-state index contributed by atoms with van der Waals surface area (Å²) in [5.41, 5.74) is 0.267. The van der Waals surface area contributed by atoms with Crippen molar-refractivity contribution in [1.82, 2.24) is 19.8 Å². The molecular weight excluding hydrogens is 352 g/mol. The van der Waals surface area contributed by atoms with Crippen molar-refractivity contribution in [1.29, 1.82) is 0 Å². The van der Waals surface area contributed by atoms with Gasteiger partial charge in [-0.3, -0.25) is 19.0 Å². The monoisotopic (exact) mass is 366 g/mol. The number of aromatic nitrogens is 2. The van der Waals surface area contributed by atoms with Crippen molar-refractivity contribution in [2.75, 3.05) is 20.6 Å². The fourth-order valence-electron chi connectivity index (χ4n) is 1.89. The van der Waals surface area contributed by atoms with Crippen LogP contribution in [0.25, 0.3) is 10.9 Å². The van der Waals surface area contributed by atoms with E-state index < -0.39 is 0 Å². The molecule has 0 radical (unpaired) electrons. The van der Waals surface area contributed by atoms with Gasteiger partial charge in [-0.1, -0.05) is 15.9 Å². The van der Waals surface area contributed by atoms with Crippen LogP contribution in [0.4, 0.5) is 0 Å². The molecule has 0 unspecified atom stereocenters. The number of fused-ring (bicyclic) bond motifs is 1. The van der Waals surface area contributed by atoms with Gasteiger partial charge in [-0.15, -0.1) is 0 Å². The van der Waals surface area contributed by atoms with Crippen LogP contribution < -0.4 is 10.9 Å². The zero-order valence-electron chi connectivity index (χ0n) is 12.2. The number of amides is 2. The first-order chi connectivity index (χ1) is 10.4. The number of benzene rings is 1. The summed E-state index contributed by atoms with van der Waals surface area (Å²) in [6.07, 6.45) is 1.34. The van der Waals surface area contributed by atoms with Crippen molar-refractivity contribution in [3.8, 4) is 0 Å². The van der Waals surface area contributed by atoms with Gasteiger partial charge < -0.3 is 10.2 Å². The van der Waals surface area contributed by atoms with Crippen molar-refractivity contribution in [2.45, 2.75) is 6.54 Å². The van der Waals surface area contributed by atoms with Crippen LogP contribution >= 0.6 is 15.9 Å². The van der Waals surface area contributed by atoms with Crippen molar-refractivity contribution < 1.29 is 9.59 Å². The van der Waals surface area contributed by atoms with E-state index in [1.807, 2.05) is 0 Å². The fourth-order valence-corrected chi connectivity index (χ4v) is 2.25. The molecule has 22 heavy (non-hydrogen) atoms. The van der Waals surface area contributed by atoms with Gasteiger partial charge in [0.1, 0.15) is 6.54 Å². The van der Waals surface area contributed by atoms with Gasteiger partial charge in [0.25, 0.3) is 5.56 Å². The summed E-state index contributed by atoms with van der Waals surface area (Å²) in [5.74, 6) is -0.620. The topological polar surface area (TPSA) is 84.3 Å². The minimum absolute atomic E-state index is 0.0589. The lowest BCUT2D eigenvalue weighted by Crippen LogP contribution is -2.39. The van der Waals surface area contributed by atoms with Crippen LogP contribution in [0, 0.1) is 0 Å². The summed E-state index contributed by atoms with van der Waals surface area (Å²) in [4.78, 5) is 41.1. The highest BCUT2D eigenvalue weighted by molar-refractivity contribution is 9.10. The lowest BCUT2D eigenvalue weighted by atomic mass is 10.2. The largest absolute Gasteiger partial charge is 0.358 e. The highest BCUT2D eigenvalue weighted by Gasteiger charge is 2.14. The second-order valence-electron chi connectivity index (χ2n) is 4.76. The molecule has 1 N–H and O–H groups in total. The lowest BCUT2D eigenvalue weighted by molar-refractivity contribution is -0.135. The maximum Gasteiger partial charge on any atom is 0.261 e. The zero-order valence-corrected chi connectivity index (χ0v) is 13.8. The molecule has 2 aromatic rings. The van der Waals surface area contributed by atoms with E-state index in [2.05, 4.69) is 26.2 Å². The van der Waals surface area contributed by atoms with E-state index in [0.717, 1.165) is 4.47 Å². The number of likely N-dealkylation sites (N-methyl/N-ethyl adjacent to an activating group) is 2. The number of hydrogen-bond acceptors (Lipinski definition) is 4. The molecule has 0 aliphatic heterocycles. The standard InChI is InChI=1S/C14H15BrN4O3/c1-16-12(20)6-18(2)13(21)7-19-8-17-11-4-3-9(15)5-10(11)14(19)22/h3-5,8H,6-7H2,1-2H3,(H,16,20). The Morgan fingerprint density at radius 2 is 2.14 bits per heavy atom. The van der Waals surface area contributed by atoms with Crippen LogP contribution in [-0.2, 0) is 16.1 Å². The van der Waals surface area contributed by atoms with Gasteiger partial charge in [0.2, 0.25) is 11.8 Å². The number of nitrogens with one attached hydrogen (secondary N) is 1. The molecule has 0 spiro atoms. The Labute approximate surface area is 135 Å². The molecule has 8 heteroatoms. The quantitative estimate of drug-likeness (QED) is 0.846. The molecule has 7 nitrogen and oxygen atoms in total. The van der Waals surface area contributed by atoms with Gasteiger partial charge >= 0.3 is 0 Å². The van der Waals surface area contributed by atoms with Gasteiger partial charge in [0.15, 0.2) is 0 Å². The van der Waals surface area contributed by atoms with Crippen LogP contribution in [0.5, 0.6) is 0 Å². The molecule has 2 rings (SSSR count). The Morgan fingerprint density at radius 1 is 1.41 bits per heavy atom. The van der Waals surface area contributed by atoms with Gasteiger partial charge in [-0.2, -0.15) is 0 Å². The average molecular weight is 367 g/mol. The minimum Gasteiger partial charge on any atom is -0.358 e. The van der Waals surface area contributed by atoms with Gasteiger partial charge in [-0.05, 0) is 18.2 Å². The van der Waals surface area contributed by atoms with E-state index in [4.69, 9.17) is 0 Å². The van der Waals surface area contributed by atoms with Crippen molar-refractivity contribution in [3.05, 3.63) is 39.4 Å². The predicted molar refractivity (Wildman–Crippen MR) is 85.4 cm³/mol. The van der Waals surface area contributed by atoms with E-state index in [9.17, 15) is 14.4 Å². The Bertz CT molecular complexity index is 787. The number of carbonyl (C=O) groups excluding carboxylic acids is 2. The third kappa shape index (κ3) is 3.51. The summed E-state index contributed by atoms with van der Waals surface area (Å²) >= 11 is 3.30. The van der Waals surface area contributed by atoms with Crippen molar-refractivity contribution in [2.24, 2.45) is 0 Å². The maximum atomic E-state index is 12.4. The Balaban J connectivity index is 2.25. The third-order valence-corrected chi connectivity index (χ3v) is 3.67. The van der Waals surface area contributed by atoms with Crippen LogP contribution in [0.15, 0.2) is 33.8 Å². The van der Waals surface area contributed by atoms with Crippen LogP contribution in [-0.4, -0.2) is 46.9 Å². The molecule has 2 amide bonds. The molecule has 0 fully saturated rings. The molecule has 0 atom stereocenters. The second kappa shape index (κ2) is 6.69. The van der Waals surface area contributed by atoms with Crippen molar-refractivity contribution in [3.63, 3.8) is 0 Å². The van der Waals surface area contributed by atoms with E-state index in [1.165, 1.54) is 29.9 Å². The summed E-state index contributed by atoms with van der Waals surface area (Å²) in [5, 5.41) is 2.87. The third-order valence-electron chi connectivity index (χ3n) is 3.18. The number of halogens is 1. The molecule has 116 valence electrons. The minimum atomic E-state index is -0.346. The predicted octanol–water partition coefficient (Wildman–Crippen LogP) is 0.363. The molecule has 0 bridgehead atoms. The molecule has 0 aliphatic rings. The molecule has 1 aromatic carbocycles. The number of hydrogen-bond donors (Lipinski definition) is 1. The first-order valence-electron chi connectivity index (χ1n) is 6.51. The molecule has 0 saturated heterocycles. The van der Waals surface area contributed by atoms with E-state index in [-0.39, 0.29) is 30.5 Å². The van der Waals surface area contributed by atoms with E-state index in [1.54, 1.807) is 18.2 Å². The van der Waals surface area contributed by atoms with Crippen LogP contribution in [0.1, 0.15) is 0 Å². The normalized spacial score (nSPS) is 10.5. The average Bonchev–Trinajstić information content (AvgIpc) is 2.50. The number of nitrogens with zero attached hydrogens (tertiary/aromatic N) is 3. The summed E-state index contributed by atoms with van der Waals surface area (Å²) in [7, 11) is 3.00. The molecule has 1 heterocycles. The Hall–Kier alpha value is -2.22.